The fourth-order valence-corrected chi connectivity index (χ4v) is 1.06. The molecule has 0 atom stereocenters. The molecule has 0 aliphatic carbocycles. The van der Waals surface area contributed by atoms with Crippen molar-refractivity contribution in [1.29, 1.82) is 0 Å². The van der Waals surface area contributed by atoms with Gasteiger partial charge in [-0.1, -0.05) is 13.3 Å². The molecule has 1 aromatic rings. The largest absolute Gasteiger partial charge is 0.258 e. The Morgan fingerprint density at radius 3 is 2.83 bits per heavy atom. The molecule has 66 valence electrons. The lowest BCUT2D eigenvalue weighted by atomic mass is 10.1. The molecule has 0 saturated heterocycles. The van der Waals surface area contributed by atoms with E-state index in [1.54, 1.807) is 19.2 Å². The molecule has 1 aromatic heterocycles. The summed E-state index contributed by atoms with van der Waals surface area (Å²) in [7, 11) is 0. The Morgan fingerprint density at radius 1 is 1.50 bits per heavy atom. The van der Waals surface area contributed by atoms with Crippen molar-refractivity contribution in [2.75, 3.05) is 0 Å². The van der Waals surface area contributed by atoms with E-state index in [1.807, 2.05) is 0 Å². The van der Waals surface area contributed by atoms with Crippen LogP contribution in [-0.2, 0) is 6.42 Å². The van der Waals surface area contributed by atoms with Crippen molar-refractivity contribution >= 4 is 0 Å². The van der Waals surface area contributed by atoms with E-state index >= 15 is 0 Å². The molecule has 1 rings (SSSR count). The molecule has 2 heteroatoms. The van der Waals surface area contributed by atoms with Crippen LogP contribution in [0.4, 0.5) is 4.39 Å². The van der Waals surface area contributed by atoms with Crippen LogP contribution in [0.3, 0.4) is 0 Å². The summed E-state index contributed by atoms with van der Waals surface area (Å²) in [4.78, 5) is 3.96. The summed E-state index contributed by atoms with van der Waals surface area (Å²) in [6.07, 6.45) is 4.93. The van der Waals surface area contributed by atoms with E-state index in [0.717, 1.165) is 24.8 Å². The second-order valence-corrected chi connectivity index (χ2v) is 3.01. The zero-order valence-corrected chi connectivity index (χ0v) is 7.60. The van der Waals surface area contributed by atoms with E-state index in [9.17, 15) is 4.39 Å². The molecular formula is C10H14FN. The molecular weight excluding hydrogens is 153 g/mol. The van der Waals surface area contributed by atoms with Crippen molar-refractivity contribution in [2.45, 2.75) is 33.1 Å². The molecule has 0 fully saturated rings. The Morgan fingerprint density at radius 2 is 2.25 bits per heavy atom. The number of pyridine rings is 1. The number of aromatic nitrogens is 1. The zero-order valence-electron chi connectivity index (χ0n) is 7.60. The molecule has 0 radical (unpaired) electrons. The Kier molecular flexibility index (Phi) is 3.20. The first-order valence-electron chi connectivity index (χ1n) is 4.35. The molecule has 12 heavy (non-hydrogen) atoms. The van der Waals surface area contributed by atoms with Gasteiger partial charge < -0.3 is 0 Å². The van der Waals surface area contributed by atoms with Crippen molar-refractivity contribution in [3.05, 3.63) is 29.3 Å². The van der Waals surface area contributed by atoms with Gasteiger partial charge in [0.05, 0.1) is 5.69 Å². The third-order valence-corrected chi connectivity index (χ3v) is 1.90. The minimum absolute atomic E-state index is 0.191. The van der Waals surface area contributed by atoms with Crippen LogP contribution >= 0.6 is 0 Å². The molecule has 0 saturated carbocycles. The summed E-state index contributed by atoms with van der Waals surface area (Å²) in [6, 6.07) is 1.58. The Balaban J connectivity index is 2.69. The van der Waals surface area contributed by atoms with Crippen molar-refractivity contribution in [3.8, 4) is 0 Å². The molecule has 0 spiro atoms. The maximum Gasteiger partial charge on any atom is 0.144 e. The lowest BCUT2D eigenvalue weighted by Gasteiger charge is -2.00. The summed E-state index contributed by atoms with van der Waals surface area (Å²) in [5, 5.41) is 0. The maximum atomic E-state index is 12.9. The third kappa shape index (κ3) is 2.29. The van der Waals surface area contributed by atoms with Gasteiger partial charge in [-0.2, -0.15) is 0 Å². The van der Waals surface area contributed by atoms with Crippen LogP contribution in [0.5, 0.6) is 0 Å². The number of unbranched alkanes of at least 4 members (excludes halogenated alkanes) is 1. The average Bonchev–Trinajstić information content (AvgIpc) is 2.07. The van der Waals surface area contributed by atoms with Crippen LogP contribution in [0.25, 0.3) is 0 Å². The third-order valence-electron chi connectivity index (χ3n) is 1.90. The van der Waals surface area contributed by atoms with E-state index in [0.29, 0.717) is 5.69 Å². The molecule has 0 aromatic carbocycles. The molecule has 0 N–H and O–H groups in total. The Bertz CT molecular complexity index is 258. The van der Waals surface area contributed by atoms with Gasteiger partial charge in [0.25, 0.3) is 0 Å². The smallest absolute Gasteiger partial charge is 0.144 e. The average molecular weight is 167 g/mol. The number of rotatable bonds is 3. The van der Waals surface area contributed by atoms with Gasteiger partial charge in [-0.15, -0.1) is 0 Å². The van der Waals surface area contributed by atoms with Crippen LogP contribution in [0.2, 0.25) is 0 Å². The first kappa shape index (κ1) is 9.17. The van der Waals surface area contributed by atoms with Crippen molar-refractivity contribution in [3.63, 3.8) is 0 Å². The number of halogens is 1. The highest BCUT2D eigenvalue weighted by molar-refractivity contribution is 5.15. The van der Waals surface area contributed by atoms with Gasteiger partial charge in [-0.25, -0.2) is 4.39 Å². The van der Waals surface area contributed by atoms with Crippen molar-refractivity contribution in [2.24, 2.45) is 0 Å². The van der Waals surface area contributed by atoms with Gasteiger partial charge in [0.15, 0.2) is 0 Å². The van der Waals surface area contributed by atoms with E-state index in [-0.39, 0.29) is 5.82 Å². The van der Waals surface area contributed by atoms with Gasteiger partial charge in [0.1, 0.15) is 5.82 Å². The minimum atomic E-state index is -0.191. The van der Waals surface area contributed by atoms with E-state index in [4.69, 9.17) is 0 Å². The second-order valence-electron chi connectivity index (χ2n) is 3.01. The van der Waals surface area contributed by atoms with E-state index in [2.05, 4.69) is 11.9 Å². The molecule has 1 heterocycles. The number of nitrogens with zero attached hydrogens (tertiary/aromatic N) is 1. The number of hydrogen-bond acceptors (Lipinski definition) is 1. The van der Waals surface area contributed by atoms with Gasteiger partial charge in [-0.3, -0.25) is 4.98 Å². The predicted octanol–water partition coefficient (Wildman–Crippen LogP) is 2.87. The molecule has 0 aliphatic heterocycles. The predicted molar refractivity (Wildman–Crippen MR) is 47.5 cm³/mol. The van der Waals surface area contributed by atoms with Crippen LogP contribution in [-0.4, -0.2) is 4.98 Å². The summed E-state index contributed by atoms with van der Waals surface area (Å²) in [6.45, 7) is 3.80. The lowest BCUT2D eigenvalue weighted by Crippen LogP contribution is -1.92. The summed E-state index contributed by atoms with van der Waals surface area (Å²) in [5.74, 6) is -0.191. The Hall–Kier alpha value is -0.920. The first-order valence-corrected chi connectivity index (χ1v) is 4.35. The van der Waals surface area contributed by atoms with Crippen LogP contribution < -0.4 is 0 Å². The van der Waals surface area contributed by atoms with Crippen LogP contribution in [0, 0.1) is 12.7 Å². The molecule has 0 aliphatic rings. The van der Waals surface area contributed by atoms with Gasteiger partial charge in [0, 0.05) is 6.20 Å². The SMILES string of the molecule is CCCCc1cnc(C)c(F)c1. The standard InChI is InChI=1S/C10H14FN/c1-3-4-5-9-6-10(11)8(2)12-7-9/h6-7H,3-5H2,1-2H3. The highest BCUT2D eigenvalue weighted by Crippen LogP contribution is 2.08. The number of hydrogen-bond donors (Lipinski definition) is 0. The summed E-state index contributed by atoms with van der Waals surface area (Å²) >= 11 is 0. The van der Waals surface area contributed by atoms with Crippen molar-refractivity contribution in [1.82, 2.24) is 4.98 Å². The fraction of sp³-hybridized carbons (Fsp3) is 0.500. The van der Waals surface area contributed by atoms with Gasteiger partial charge in [0.2, 0.25) is 0 Å². The zero-order chi connectivity index (χ0) is 8.97. The molecule has 1 nitrogen and oxygen atoms in total. The highest BCUT2D eigenvalue weighted by Gasteiger charge is 1.99. The normalized spacial score (nSPS) is 10.2. The van der Waals surface area contributed by atoms with Crippen LogP contribution in [0.15, 0.2) is 12.3 Å². The quantitative estimate of drug-likeness (QED) is 0.674. The fourth-order valence-electron chi connectivity index (χ4n) is 1.06. The number of aryl methyl sites for hydroxylation is 2. The van der Waals surface area contributed by atoms with Gasteiger partial charge in [-0.05, 0) is 31.4 Å². The van der Waals surface area contributed by atoms with Crippen LogP contribution in [0.1, 0.15) is 31.0 Å². The second kappa shape index (κ2) is 4.19. The Labute approximate surface area is 72.6 Å². The van der Waals surface area contributed by atoms with Crippen molar-refractivity contribution < 1.29 is 4.39 Å². The van der Waals surface area contributed by atoms with E-state index in [1.165, 1.54) is 0 Å². The summed E-state index contributed by atoms with van der Waals surface area (Å²) in [5.41, 5.74) is 1.48. The topological polar surface area (TPSA) is 12.9 Å². The van der Waals surface area contributed by atoms with Gasteiger partial charge >= 0.3 is 0 Å². The molecule has 0 amide bonds. The highest BCUT2D eigenvalue weighted by atomic mass is 19.1. The monoisotopic (exact) mass is 167 g/mol. The summed E-state index contributed by atoms with van der Waals surface area (Å²) < 4.78 is 12.9. The van der Waals surface area contributed by atoms with E-state index < -0.39 is 0 Å². The maximum absolute atomic E-state index is 12.9. The minimum Gasteiger partial charge on any atom is -0.258 e. The lowest BCUT2D eigenvalue weighted by molar-refractivity contribution is 0.605. The molecule has 0 bridgehead atoms. The first-order chi connectivity index (χ1) is 5.74. The molecule has 0 unspecified atom stereocenters.